The van der Waals surface area contributed by atoms with E-state index in [0.717, 1.165) is 5.56 Å². The van der Waals surface area contributed by atoms with Gasteiger partial charge in [0.05, 0.1) is 25.5 Å². The molecule has 1 aliphatic rings. The van der Waals surface area contributed by atoms with Gasteiger partial charge < -0.3 is 9.64 Å². The third kappa shape index (κ3) is 3.00. The third-order valence-electron chi connectivity index (χ3n) is 3.33. The minimum Gasteiger partial charge on any atom is -0.378 e. The van der Waals surface area contributed by atoms with Crippen molar-refractivity contribution >= 4 is 34.8 Å². The van der Waals surface area contributed by atoms with E-state index in [2.05, 4.69) is 14.8 Å². The van der Waals surface area contributed by atoms with Crippen LogP contribution in [0.3, 0.4) is 0 Å². The maximum atomic E-state index is 7.34. The summed E-state index contributed by atoms with van der Waals surface area (Å²) in [6, 6.07) is 7.20. The Morgan fingerprint density at radius 3 is 2.64 bits per heavy atom. The van der Waals surface area contributed by atoms with Crippen LogP contribution in [0.1, 0.15) is 0 Å². The van der Waals surface area contributed by atoms with Crippen LogP contribution in [0, 0.1) is 6.57 Å². The first-order valence-corrected chi connectivity index (χ1v) is 7.48. The van der Waals surface area contributed by atoms with Crippen LogP contribution in [0.25, 0.3) is 16.1 Å². The molecule has 0 bridgehead atoms. The largest absolute Gasteiger partial charge is 0.378 e. The van der Waals surface area contributed by atoms with E-state index < -0.39 is 0 Å². The molecule has 2 heterocycles. The van der Waals surface area contributed by atoms with E-state index >= 15 is 0 Å². The van der Waals surface area contributed by atoms with Crippen molar-refractivity contribution in [2.24, 2.45) is 0 Å². The third-order valence-corrected chi connectivity index (χ3v) is 3.83. The van der Waals surface area contributed by atoms with E-state index in [1.165, 1.54) is 0 Å². The monoisotopic (exact) mass is 334 g/mol. The van der Waals surface area contributed by atoms with Crippen LogP contribution in [-0.2, 0) is 4.74 Å². The summed E-state index contributed by atoms with van der Waals surface area (Å²) >= 11 is 12.2. The molecular weight excluding hydrogens is 323 g/mol. The summed E-state index contributed by atoms with van der Waals surface area (Å²) in [6.07, 6.45) is 0. The molecule has 0 atom stereocenters. The standard InChI is InChI=1S/C15H12Cl2N4O/c1-18-13-12(10-3-2-4-11(16)9-10)19-15(20-14(13)17)21-5-7-22-8-6-21/h2-4,9H,5-8H2. The van der Waals surface area contributed by atoms with Gasteiger partial charge in [-0.25, -0.2) is 14.8 Å². The van der Waals surface area contributed by atoms with E-state index in [9.17, 15) is 0 Å². The molecule has 0 radical (unpaired) electrons. The molecule has 1 aromatic carbocycles. The molecule has 0 saturated carbocycles. The number of hydrogen-bond donors (Lipinski definition) is 0. The molecule has 112 valence electrons. The molecule has 0 unspecified atom stereocenters. The Morgan fingerprint density at radius 2 is 1.95 bits per heavy atom. The summed E-state index contributed by atoms with van der Waals surface area (Å²) in [5, 5.41) is 0.734. The molecule has 5 nitrogen and oxygen atoms in total. The molecule has 0 aliphatic carbocycles. The van der Waals surface area contributed by atoms with Crippen LogP contribution in [0.15, 0.2) is 24.3 Å². The lowest BCUT2D eigenvalue weighted by Crippen LogP contribution is -2.37. The SMILES string of the molecule is [C-]#[N+]c1c(Cl)nc(N2CCOCC2)nc1-c1cccc(Cl)c1. The Hall–Kier alpha value is -1.87. The lowest BCUT2D eigenvalue weighted by atomic mass is 10.1. The Labute approximate surface area is 138 Å². The highest BCUT2D eigenvalue weighted by molar-refractivity contribution is 6.33. The fraction of sp³-hybridized carbons (Fsp3) is 0.267. The highest BCUT2D eigenvalue weighted by atomic mass is 35.5. The van der Waals surface area contributed by atoms with Crippen molar-refractivity contribution in [1.29, 1.82) is 0 Å². The van der Waals surface area contributed by atoms with Crippen molar-refractivity contribution in [2.45, 2.75) is 0 Å². The molecule has 1 fully saturated rings. The summed E-state index contributed by atoms with van der Waals surface area (Å²) in [4.78, 5) is 14.3. The molecule has 2 aromatic rings. The Bertz CT molecular complexity index is 739. The zero-order valence-electron chi connectivity index (χ0n) is 11.6. The molecule has 0 spiro atoms. The van der Waals surface area contributed by atoms with Crippen LogP contribution >= 0.6 is 23.2 Å². The highest BCUT2D eigenvalue weighted by Gasteiger charge is 2.20. The second-order valence-corrected chi connectivity index (χ2v) is 5.53. The Morgan fingerprint density at radius 1 is 1.18 bits per heavy atom. The predicted molar refractivity (Wildman–Crippen MR) is 86.8 cm³/mol. The molecule has 3 rings (SSSR count). The molecule has 1 aliphatic heterocycles. The van der Waals surface area contributed by atoms with Crippen molar-refractivity contribution in [3.05, 3.63) is 45.9 Å². The zero-order chi connectivity index (χ0) is 15.5. The molecular formula is C15H12Cl2N4O. The summed E-state index contributed by atoms with van der Waals surface area (Å²) < 4.78 is 5.33. The number of anilines is 1. The Balaban J connectivity index is 2.11. The first-order chi connectivity index (χ1) is 10.7. The summed E-state index contributed by atoms with van der Waals surface area (Å²) in [5.74, 6) is 0.510. The number of rotatable bonds is 2. The average Bonchev–Trinajstić information content (AvgIpc) is 2.55. The number of aromatic nitrogens is 2. The van der Waals surface area contributed by atoms with Gasteiger partial charge in [-0.05, 0) is 17.7 Å². The number of halogens is 2. The topological polar surface area (TPSA) is 42.6 Å². The quantitative estimate of drug-likeness (QED) is 0.618. The van der Waals surface area contributed by atoms with Gasteiger partial charge in [-0.15, -0.1) is 0 Å². The van der Waals surface area contributed by atoms with Gasteiger partial charge in [-0.1, -0.05) is 35.3 Å². The second-order valence-electron chi connectivity index (χ2n) is 4.73. The van der Waals surface area contributed by atoms with Crippen molar-refractivity contribution < 1.29 is 4.74 Å². The van der Waals surface area contributed by atoms with E-state index in [-0.39, 0.29) is 10.8 Å². The van der Waals surface area contributed by atoms with Gasteiger partial charge in [-0.3, -0.25) is 0 Å². The second kappa shape index (κ2) is 6.49. The maximum absolute atomic E-state index is 7.34. The van der Waals surface area contributed by atoms with Gasteiger partial charge in [0.15, 0.2) is 0 Å². The number of morpholine rings is 1. The van der Waals surface area contributed by atoms with Gasteiger partial charge in [0.25, 0.3) is 0 Å². The summed E-state index contributed by atoms with van der Waals surface area (Å²) in [5.41, 5.74) is 1.48. The normalized spacial score (nSPS) is 14.7. The van der Waals surface area contributed by atoms with E-state index in [1.807, 2.05) is 17.0 Å². The lowest BCUT2D eigenvalue weighted by Gasteiger charge is -2.27. The molecule has 7 heteroatoms. The minimum atomic E-state index is 0.154. The predicted octanol–water partition coefficient (Wildman–Crippen LogP) is 3.84. The average molecular weight is 335 g/mol. The minimum absolute atomic E-state index is 0.154. The van der Waals surface area contributed by atoms with Crippen LogP contribution in [0.5, 0.6) is 0 Å². The van der Waals surface area contributed by atoms with Crippen LogP contribution < -0.4 is 4.90 Å². The van der Waals surface area contributed by atoms with Crippen molar-refractivity contribution in [2.75, 3.05) is 31.2 Å². The molecule has 0 N–H and O–H groups in total. The number of nitrogens with zero attached hydrogens (tertiary/aromatic N) is 4. The Kier molecular flexibility index (Phi) is 4.44. The van der Waals surface area contributed by atoms with E-state index in [4.69, 9.17) is 34.5 Å². The molecule has 22 heavy (non-hydrogen) atoms. The molecule has 1 saturated heterocycles. The van der Waals surface area contributed by atoms with Crippen LogP contribution in [0.4, 0.5) is 11.6 Å². The van der Waals surface area contributed by atoms with E-state index in [1.54, 1.807) is 12.1 Å². The van der Waals surface area contributed by atoms with Gasteiger partial charge in [0.1, 0.15) is 5.15 Å². The first kappa shape index (κ1) is 15.0. The zero-order valence-corrected chi connectivity index (χ0v) is 13.1. The first-order valence-electron chi connectivity index (χ1n) is 6.72. The number of hydrogen-bond acceptors (Lipinski definition) is 4. The number of benzene rings is 1. The van der Waals surface area contributed by atoms with Crippen LogP contribution in [0.2, 0.25) is 10.2 Å². The van der Waals surface area contributed by atoms with Gasteiger partial charge in [0, 0.05) is 18.1 Å². The van der Waals surface area contributed by atoms with Gasteiger partial charge in [0.2, 0.25) is 11.6 Å². The van der Waals surface area contributed by atoms with Crippen molar-refractivity contribution in [3.63, 3.8) is 0 Å². The van der Waals surface area contributed by atoms with Crippen LogP contribution in [-0.4, -0.2) is 36.3 Å². The molecule has 1 aromatic heterocycles. The fourth-order valence-corrected chi connectivity index (χ4v) is 2.65. The lowest BCUT2D eigenvalue weighted by molar-refractivity contribution is 0.122. The maximum Gasteiger partial charge on any atom is 0.249 e. The van der Waals surface area contributed by atoms with Gasteiger partial charge >= 0.3 is 0 Å². The van der Waals surface area contributed by atoms with Gasteiger partial charge in [-0.2, -0.15) is 0 Å². The smallest absolute Gasteiger partial charge is 0.249 e. The summed E-state index contributed by atoms with van der Waals surface area (Å²) in [6.45, 7) is 9.98. The number of ether oxygens (including phenoxy) is 1. The summed E-state index contributed by atoms with van der Waals surface area (Å²) in [7, 11) is 0. The highest BCUT2D eigenvalue weighted by Crippen LogP contribution is 2.36. The molecule has 0 amide bonds. The van der Waals surface area contributed by atoms with E-state index in [0.29, 0.717) is 43.0 Å². The van der Waals surface area contributed by atoms with Crippen molar-refractivity contribution in [3.8, 4) is 11.3 Å². The van der Waals surface area contributed by atoms with Crippen molar-refractivity contribution in [1.82, 2.24) is 9.97 Å². The fourth-order valence-electron chi connectivity index (χ4n) is 2.26.